The monoisotopic (exact) mass is 285 g/mol. The van der Waals surface area contributed by atoms with Gasteiger partial charge in [0.25, 0.3) is 0 Å². The van der Waals surface area contributed by atoms with Gasteiger partial charge in [-0.2, -0.15) is 0 Å². The first kappa shape index (κ1) is 13.6. The fourth-order valence-corrected chi connectivity index (χ4v) is 5.80. The van der Waals surface area contributed by atoms with Crippen molar-refractivity contribution >= 4 is 0 Å². The maximum Gasteiger partial charge on any atom is 0.119 e. The lowest BCUT2D eigenvalue weighted by atomic mass is 9.56. The molecule has 2 N–H and O–H groups in total. The molecule has 1 aromatic carbocycles. The molecule has 3 aliphatic rings. The Labute approximate surface area is 128 Å². The molecule has 5 atom stereocenters. The number of fused-ring (bicyclic) bond motifs is 5. The molecule has 0 aliphatic heterocycles. The van der Waals surface area contributed by atoms with Crippen molar-refractivity contribution in [1.29, 1.82) is 0 Å². The van der Waals surface area contributed by atoms with Gasteiger partial charge in [0.15, 0.2) is 0 Å². The van der Waals surface area contributed by atoms with Crippen molar-refractivity contribution in [2.45, 2.75) is 57.4 Å². The van der Waals surface area contributed by atoms with E-state index in [1.54, 1.807) is 12.7 Å². The average molecular weight is 285 g/mol. The van der Waals surface area contributed by atoms with Crippen LogP contribution in [0.3, 0.4) is 0 Å². The molecule has 2 nitrogen and oxygen atoms in total. The summed E-state index contributed by atoms with van der Waals surface area (Å²) in [5.74, 6) is 3.48. The van der Waals surface area contributed by atoms with E-state index in [1.165, 1.54) is 44.1 Å². The molecule has 0 heterocycles. The Morgan fingerprint density at radius 2 is 2.14 bits per heavy atom. The SMILES string of the molecule is COc1ccc2c(c1)CC[C@@H]1[C@@H]2CC[C@]2(C)C[C@@H](N)C[C@@H]12. The predicted octanol–water partition coefficient (Wildman–Crippen LogP) is 3.88. The lowest BCUT2D eigenvalue weighted by Crippen LogP contribution is -2.39. The molecule has 1 aromatic rings. The number of methoxy groups -OCH3 is 1. The van der Waals surface area contributed by atoms with Crippen LogP contribution < -0.4 is 10.5 Å². The van der Waals surface area contributed by atoms with Crippen LogP contribution in [0.1, 0.15) is 56.1 Å². The van der Waals surface area contributed by atoms with E-state index in [2.05, 4.69) is 25.1 Å². The summed E-state index contributed by atoms with van der Waals surface area (Å²) in [5, 5.41) is 0. The van der Waals surface area contributed by atoms with Gasteiger partial charge in [-0.25, -0.2) is 0 Å². The third-order valence-electron chi connectivity index (χ3n) is 6.74. The van der Waals surface area contributed by atoms with Gasteiger partial charge in [0, 0.05) is 6.04 Å². The number of benzene rings is 1. The summed E-state index contributed by atoms with van der Waals surface area (Å²) in [6.45, 7) is 2.50. The van der Waals surface area contributed by atoms with Crippen molar-refractivity contribution in [3.05, 3.63) is 29.3 Å². The average Bonchev–Trinajstić information content (AvgIpc) is 2.80. The standard InChI is InChI=1S/C19H27NO/c1-19-8-7-16-15-6-4-14(21-2)9-12(15)3-5-17(16)18(19)10-13(20)11-19/h4,6,9,13,16-18H,3,5,7-8,10-11,20H2,1-2H3/t13-,16+,17+,18-,19+/m0/s1. The second-order valence-electron chi connectivity index (χ2n) is 7.87. The minimum atomic E-state index is 0.441. The number of nitrogens with two attached hydrogens (primary N) is 1. The van der Waals surface area contributed by atoms with Crippen molar-refractivity contribution in [2.24, 2.45) is 23.0 Å². The molecule has 3 aliphatic carbocycles. The van der Waals surface area contributed by atoms with Crippen molar-refractivity contribution in [2.75, 3.05) is 7.11 Å². The summed E-state index contributed by atoms with van der Waals surface area (Å²) >= 11 is 0. The molecule has 4 rings (SSSR count). The molecule has 0 bridgehead atoms. The Kier molecular flexibility index (Phi) is 3.08. The predicted molar refractivity (Wildman–Crippen MR) is 85.6 cm³/mol. The summed E-state index contributed by atoms with van der Waals surface area (Å²) in [4.78, 5) is 0. The Balaban J connectivity index is 1.68. The number of aryl methyl sites for hydroxylation is 1. The first-order chi connectivity index (χ1) is 10.1. The highest BCUT2D eigenvalue weighted by atomic mass is 16.5. The first-order valence-corrected chi connectivity index (χ1v) is 8.53. The third kappa shape index (κ3) is 2.03. The van der Waals surface area contributed by atoms with Crippen LogP contribution in [0.2, 0.25) is 0 Å². The zero-order chi connectivity index (χ0) is 14.6. The Morgan fingerprint density at radius 3 is 2.95 bits per heavy atom. The summed E-state index contributed by atoms with van der Waals surface area (Å²) in [5.41, 5.74) is 9.97. The van der Waals surface area contributed by atoms with Crippen LogP contribution in [0.5, 0.6) is 5.75 Å². The first-order valence-electron chi connectivity index (χ1n) is 8.53. The molecule has 0 spiro atoms. The van der Waals surface area contributed by atoms with Gasteiger partial charge in [0.1, 0.15) is 5.75 Å². The Morgan fingerprint density at radius 1 is 1.29 bits per heavy atom. The van der Waals surface area contributed by atoms with E-state index in [4.69, 9.17) is 10.5 Å². The zero-order valence-corrected chi connectivity index (χ0v) is 13.3. The molecule has 0 amide bonds. The van der Waals surface area contributed by atoms with Gasteiger partial charge in [-0.3, -0.25) is 0 Å². The quantitative estimate of drug-likeness (QED) is 0.850. The van der Waals surface area contributed by atoms with E-state index in [-0.39, 0.29) is 0 Å². The molecule has 2 saturated carbocycles. The lowest BCUT2D eigenvalue weighted by Gasteiger charge is -2.49. The zero-order valence-electron chi connectivity index (χ0n) is 13.3. The normalized spacial score (nSPS) is 41.1. The second-order valence-corrected chi connectivity index (χ2v) is 7.87. The van der Waals surface area contributed by atoms with Crippen LogP contribution in [-0.4, -0.2) is 13.2 Å². The number of rotatable bonds is 1. The number of hydrogen-bond donors (Lipinski definition) is 1. The van der Waals surface area contributed by atoms with E-state index < -0.39 is 0 Å². The summed E-state index contributed by atoms with van der Waals surface area (Å²) < 4.78 is 5.40. The molecule has 114 valence electrons. The minimum absolute atomic E-state index is 0.441. The van der Waals surface area contributed by atoms with Gasteiger partial charge in [-0.1, -0.05) is 13.0 Å². The third-order valence-corrected chi connectivity index (χ3v) is 6.74. The molecule has 0 saturated heterocycles. The van der Waals surface area contributed by atoms with Gasteiger partial charge in [-0.05, 0) is 85.0 Å². The van der Waals surface area contributed by atoms with Gasteiger partial charge in [-0.15, -0.1) is 0 Å². The number of ether oxygens (including phenoxy) is 1. The van der Waals surface area contributed by atoms with Crippen molar-refractivity contribution < 1.29 is 4.74 Å². The fourth-order valence-electron chi connectivity index (χ4n) is 5.80. The summed E-state index contributed by atoms with van der Waals surface area (Å²) in [6.07, 6.45) is 7.77. The molecule has 21 heavy (non-hydrogen) atoms. The highest BCUT2D eigenvalue weighted by Crippen LogP contribution is 2.60. The van der Waals surface area contributed by atoms with Crippen molar-refractivity contribution in [1.82, 2.24) is 0 Å². The molecule has 2 fully saturated rings. The highest BCUT2D eigenvalue weighted by molar-refractivity contribution is 5.40. The maximum absolute atomic E-state index is 6.32. The molecule has 0 radical (unpaired) electrons. The Hall–Kier alpha value is -1.02. The number of hydrogen-bond acceptors (Lipinski definition) is 2. The molecule has 0 aromatic heterocycles. The van der Waals surface area contributed by atoms with Gasteiger partial charge in [0.05, 0.1) is 7.11 Å². The topological polar surface area (TPSA) is 35.2 Å². The van der Waals surface area contributed by atoms with Gasteiger partial charge in [0.2, 0.25) is 0 Å². The van der Waals surface area contributed by atoms with Crippen LogP contribution in [-0.2, 0) is 6.42 Å². The highest BCUT2D eigenvalue weighted by Gasteiger charge is 2.52. The van der Waals surface area contributed by atoms with Crippen molar-refractivity contribution in [3.63, 3.8) is 0 Å². The van der Waals surface area contributed by atoms with Crippen LogP contribution in [0, 0.1) is 17.3 Å². The van der Waals surface area contributed by atoms with E-state index in [0.29, 0.717) is 11.5 Å². The van der Waals surface area contributed by atoms with Crippen LogP contribution in [0.15, 0.2) is 18.2 Å². The van der Waals surface area contributed by atoms with E-state index in [1.807, 2.05) is 0 Å². The van der Waals surface area contributed by atoms with Gasteiger partial charge >= 0.3 is 0 Å². The fraction of sp³-hybridized carbons (Fsp3) is 0.684. The lowest BCUT2D eigenvalue weighted by molar-refractivity contribution is 0.0598. The minimum Gasteiger partial charge on any atom is -0.497 e. The second kappa shape index (κ2) is 4.74. The summed E-state index contributed by atoms with van der Waals surface area (Å²) in [7, 11) is 1.76. The van der Waals surface area contributed by atoms with Crippen molar-refractivity contribution in [3.8, 4) is 5.75 Å². The molecular weight excluding hydrogens is 258 g/mol. The van der Waals surface area contributed by atoms with Crippen LogP contribution in [0.4, 0.5) is 0 Å². The molecular formula is C19H27NO. The van der Waals surface area contributed by atoms with E-state index in [0.717, 1.165) is 23.5 Å². The van der Waals surface area contributed by atoms with E-state index >= 15 is 0 Å². The van der Waals surface area contributed by atoms with E-state index in [9.17, 15) is 0 Å². The summed E-state index contributed by atoms with van der Waals surface area (Å²) in [6, 6.07) is 7.19. The Bertz CT molecular complexity index is 554. The van der Waals surface area contributed by atoms with Crippen LogP contribution >= 0.6 is 0 Å². The molecule has 2 heteroatoms. The molecule has 0 unspecified atom stereocenters. The largest absolute Gasteiger partial charge is 0.497 e. The van der Waals surface area contributed by atoms with Gasteiger partial charge < -0.3 is 10.5 Å². The smallest absolute Gasteiger partial charge is 0.119 e. The van der Waals surface area contributed by atoms with Crippen LogP contribution in [0.25, 0.3) is 0 Å². The maximum atomic E-state index is 6.32.